The van der Waals surface area contributed by atoms with Crippen LogP contribution in [0.5, 0.6) is 0 Å². The van der Waals surface area contributed by atoms with E-state index in [4.69, 9.17) is 11.6 Å². The van der Waals surface area contributed by atoms with Gasteiger partial charge in [-0.05, 0) is 80.9 Å². The molecule has 4 rings (SSSR count). The van der Waals surface area contributed by atoms with Crippen molar-refractivity contribution >= 4 is 34.7 Å². The van der Waals surface area contributed by atoms with Gasteiger partial charge < -0.3 is 10.6 Å². The predicted octanol–water partition coefficient (Wildman–Crippen LogP) is 5.24. The van der Waals surface area contributed by atoms with Crippen LogP contribution in [0.3, 0.4) is 0 Å². The summed E-state index contributed by atoms with van der Waals surface area (Å²) in [4.78, 5) is 12.3. The van der Waals surface area contributed by atoms with Crippen LogP contribution in [0.4, 0.5) is 17.2 Å². The van der Waals surface area contributed by atoms with Crippen molar-refractivity contribution in [1.82, 2.24) is 20.0 Å². The molecule has 0 bridgehead atoms. The molecule has 0 spiro atoms. The summed E-state index contributed by atoms with van der Waals surface area (Å²) in [6.07, 6.45) is 0. The van der Waals surface area contributed by atoms with Crippen molar-refractivity contribution < 1.29 is 4.79 Å². The van der Waals surface area contributed by atoms with Gasteiger partial charge >= 0.3 is 0 Å². The maximum atomic E-state index is 12.3. The number of anilines is 3. The summed E-state index contributed by atoms with van der Waals surface area (Å²) in [5.41, 5.74) is 5.17. The molecule has 0 radical (unpaired) electrons. The van der Waals surface area contributed by atoms with Crippen molar-refractivity contribution in [2.24, 2.45) is 0 Å². The standard InChI is InChI=1S/C23H21ClN6O/c1-14-15(2)29-30(16(14)3)22-12-11-21(27-28-22)25-19-7-9-20(10-8-19)26-23(31)17-5-4-6-18(24)13-17/h4-13H,1-3H3,(H,25,27)(H,26,31). The van der Waals surface area contributed by atoms with Gasteiger partial charge in [0.15, 0.2) is 11.6 Å². The topological polar surface area (TPSA) is 84.7 Å². The van der Waals surface area contributed by atoms with Crippen molar-refractivity contribution in [3.05, 3.63) is 88.2 Å². The van der Waals surface area contributed by atoms with Crippen molar-refractivity contribution in [2.75, 3.05) is 10.6 Å². The van der Waals surface area contributed by atoms with E-state index in [1.807, 2.05) is 57.2 Å². The lowest BCUT2D eigenvalue weighted by atomic mass is 10.2. The maximum Gasteiger partial charge on any atom is 0.255 e. The summed E-state index contributed by atoms with van der Waals surface area (Å²) in [6.45, 7) is 6.03. The Morgan fingerprint density at radius 2 is 1.68 bits per heavy atom. The first-order valence-corrected chi connectivity index (χ1v) is 10.1. The summed E-state index contributed by atoms with van der Waals surface area (Å²) in [7, 11) is 0. The van der Waals surface area contributed by atoms with E-state index in [1.54, 1.807) is 28.9 Å². The summed E-state index contributed by atoms with van der Waals surface area (Å²) in [6, 6.07) is 17.9. The Kier molecular flexibility index (Phi) is 5.68. The lowest BCUT2D eigenvalue weighted by Gasteiger charge is -2.09. The highest BCUT2D eigenvalue weighted by molar-refractivity contribution is 6.31. The molecule has 0 aliphatic rings. The first kappa shape index (κ1) is 20.6. The summed E-state index contributed by atoms with van der Waals surface area (Å²) in [5, 5.41) is 19.6. The molecule has 2 heterocycles. The maximum absolute atomic E-state index is 12.3. The number of aryl methyl sites for hydroxylation is 1. The third-order valence-electron chi connectivity index (χ3n) is 5.02. The van der Waals surface area contributed by atoms with Crippen molar-refractivity contribution in [1.29, 1.82) is 0 Å². The summed E-state index contributed by atoms with van der Waals surface area (Å²) >= 11 is 5.95. The van der Waals surface area contributed by atoms with Crippen molar-refractivity contribution in [3.63, 3.8) is 0 Å². The number of amides is 1. The molecule has 4 aromatic rings. The fourth-order valence-electron chi connectivity index (χ4n) is 3.07. The summed E-state index contributed by atoms with van der Waals surface area (Å²) in [5.74, 6) is 1.06. The lowest BCUT2D eigenvalue weighted by molar-refractivity contribution is 0.102. The van der Waals surface area contributed by atoms with E-state index in [0.717, 1.165) is 22.6 Å². The van der Waals surface area contributed by atoms with Crippen LogP contribution in [0.25, 0.3) is 5.82 Å². The molecule has 1 amide bonds. The molecule has 31 heavy (non-hydrogen) atoms. The van der Waals surface area contributed by atoms with E-state index in [0.29, 0.717) is 27.9 Å². The fourth-order valence-corrected chi connectivity index (χ4v) is 3.26. The fraction of sp³-hybridized carbons (Fsp3) is 0.130. The molecular weight excluding hydrogens is 412 g/mol. The number of carbonyl (C=O) groups excluding carboxylic acids is 1. The van der Waals surface area contributed by atoms with E-state index >= 15 is 0 Å². The van der Waals surface area contributed by atoms with E-state index < -0.39 is 0 Å². The van der Waals surface area contributed by atoms with Gasteiger partial charge in [-0.15, -0.1) is 10.2 Å². The average molecular weight is 433 g/mol. The zero-order valence-corrected chi connectivity index (χ0v) is 18.1. The Bertz CT molecular complexity index is 1230. The number of halogens is 1. The second-order valence-electron chi connectivity index (χ2n) is 7.15. The molecule has 2 aromatic carbocycles. The van der Waals surface area contributed by atoms with Gasteiger partial charge in [0.2, 0.25) is 0 Å². The van der Waals surface area contributed by atoms with Crippen LogP contribution in [0.15, 0.2) is 60.7 Å². The molecule has 7 nitrogen and oxygen atoms in total. The molecule has 156 valence electrons. The molecule has 0 saturated carbocycles. The number of nitrogens with one attached hydrogen (secondary N) is 2. The summed E-state index contributed by atoms with van der Waals surface area (Å²) < 4.78 is 1.79. The van der Waals surface area contributed by atoms with E-state index in [2.05, 4.69) is 25.9 Å². The second kappa shape index (κ2) is 8.57. The average Bonchev–Trinajstić information content (AvgIpc) is 3.03. The van der Waals surface area contributed by atoms with Gasteiger partial charge in [-0.1, -0.05) is 17.7 Å². The quantitative estimate of drug-likeness (QED) is 0.450. The molecule has 0 unspecified atom stereocenters. The molecule has 0 fully saturated rings. The van der Waals surface area contributed by atoms with Crippen molar-refractivity contribution in [3.8, 4) is 5.82 Å². The minimum atomic E-state index is -0.218. The number of benzene rings is 2. The van der Waals surface area contributed by atoms with Gasteiger partial charge in [-0.25, -0.2) is 4.68 Å². The van der Waals surface area contributed by atoms with Crippen molar-refractivity contribution in [2.45, 2.75) is 20.8 Å². The van der Waals surface area contributed by atoms with Gasteiger partial charge in [-0.3, -0.25) is 4.79 Å². The molecule has 8 heteroatoms. The highest BCUT2D eigenvalue weighted by Crippen LogP contribution is 2.20. The number of hydrogen-bond acceptors (Lipinski definition) is 5. The number of nitrogens with zero attached hydrogens (tertiary/aromatic N) is 4. The molecule has 0 aliphatic heterocycles. The highest BCUT2D eigenvalue weighted by atomic mass is 35.5. The molecule has 0 atom stereocenters. The lowest BCUT2D eigenvalue weighted by Crippen LogP contribution is -2.11. The zero-order valence-electron chi connectivity index (χ0n) is 17.3. The normalized spacial score (nSPS) is 10.7. The van der Waals surface area contributed by atoms with Crippen LogP contribution in [0.1, 0.15) is 27.3 Å². The third-order valence-corrected chi connectivity index (χ3v) is 5.26. The van der Waals surface area contributed by atoms with Gasteiger partial charge in [0, 0.05) is 27.7 Å². The van der Waals surface area contributed by atoms with Gasteiger partial charge in [0.1, 0.15) is 0 Å². The predicted molar refractivity (Wildman–Crippen MR) is 122 cm³/mol. The van der Waals surface area contributed by atoms with Crippen LogP contribution >= 0.6 is 11.6 Å². The van der Waals surface area contributed by atoms with Crippen LogP contribution in [0, 0.1) is 20.8 Å². The molecular formula is C23H21ClN6O. The van der Waals surface area contributed by atoms with Crippen LogP contribution in [0.2, 0.25) is 5.02 Å². The molecule has 0 saturated heterocycles. The van der Waals surface area contributed by atoms with Crippen LogP contribution in [-0.4, -0.2) is 25.9 Å². The first-order chi connectivity index (χ1) is 14.9. The van der Waals surface area contributed by atoms with E-state index in [-0.39, 0.29) is 5.91 Å². The Morgan fingerprint density at radius 3 is 2.29 bits per heavy atom. The largest absolute Gasteiger partial charge is 0.339 e. The Morgan fingerprint density at radius 1 is 0.935 bits per heavy atom. The van der Waals surface area contributed by atoms with Crippen LogP contribution in [-0.2, 0) is 0 Å². The van der Waals surface area contributed by atoms with Gasteiger partial charge in [0.25, 0.3) is 5.91 Å². The highest BCUT2D eigenvalue weighted by Gasteiger charge is 2.11. The Hall–Kier alpha value is -3.71. The smallest absolute Gasteiger partial charge is 0.255 e. The number of carbonyl (C=O) groups is 1. The SMILES string of the molecule is Cc1nn(-c2ccc(Nc3ccc(NC(=O)c4cccc(Cl)c4)cc3)nn2)c(C)c1C. The van der Waals surface area contributed by atoms with E-state index in [1.165, 1.54) is 0 Å². The first-order valence-electron chi connectivity index (χ1n) is 9.71. The number of aromatic nitrogens is 4. The third kappa shape index (κ3) is 4.57. The monoisotopic (exact) mass is 432 g/mol. The minimum absolute atomic E-state index is 0.218. The number of rotatable bonds is 5. The Balaban J connectivity index is 1.42. The molecule has 2 N–H and O–H groups in total. The Labute approximate surface area is 185 Å². The minimum Gasteiger partial charge on any atom is -0.339 e. The number of hydrogen-bond donors (Lipinski definition) is 2. The van der Waals surface area contributed by atoms with Gasteiger partial charge in [-0.2, -0.15) is 5.10 Å². The van der Waals surface area contributed by atoms with Gasteiger partial charge in [0.05, 0.1) is 5.69 Å². The second-order valence-corrected chi connectivity index (χ2v) is 7.59. The van der Waals surface area contributed by atoms with Crippen LogP contribution < -0.4 is 10.6 Å². The zero-order chi connectivity index (χ0) is 22.0. The molecule has 0 aliphatic carbocycles. The van der Waals surface area contributed by atoms with E-state index in [9.17, 15) is 4.79 Å². The molecule has 2 aromatic heterocycles.